The highest BCUT2D eigenvalue weighted by molar-refractivity contribution is 9.10. The topological polar surface area (TPSA) is 96.1 Å². The fourth-order valence-electron chi connectivity index (χ4n) is 1.30. The third-order valence-corrected chi connectivity index (χ3v) is 2.62. The fourth-order valence-corrected chi connectivity index (χ4v) is 1.64. The van der Waals surface area contributed by atoms with Gasteiger partial charge in [0.05, 0.1) is 12.4 Å². The summed E-state index contributed by atoms with van der Waals surface area (Å²) in [5.74, 6) is -0.857. The Morgan fingerprint density at radius 1 is 1.37 bits per heavy atom. The summed E-state index contributed by atoms with van der Waals surface area (Å²) in [5.41, 5.74) is 0.161. The van der Waals surface area contributed by atoms with Crippen molar-refractivity contribution in [2.75, 3.05) is 0 Å². The number of hydrogen-bond acceptors (Lipinski definition) is 5. The Hall–Kier alpha value is -2.46. The molecule has 1 aromatic heterocycles. The van der Waals surface area contributed by atoms with Crippen LogP contribution in [0.4, 0.5) is 0 Å². The molecule has 1 N–H and O–H groups in total. The van der Waals surface area contributed by atoms with Crippen LogP contribution in [0.1, 0.15) is 16.1 Å². The molecule has 19 heavy (non-hydrogen) atoms. The highest BCUT2D eigenvalue weighted by atomic mass is 79.9. The quantitative estimate of drug-likeness (QED) is 0.934. The molecule has 0 amide bonds. The molecule has 6 nitrogen and oxygen atoms in total. The lowest BCUT2D eigenvalue weighted by Gasteiger charge is -2.07. The number of benzene rings is 1. The van der Waals surface area contributed by atoms with Gasteiger partial charge in [-0.05, 0) is 18.2 Å². The van der Waals surface area contributed by atoms with Crippen LogP contribution in [0.3, 0.4) is 0 Å². The van der Waals surface area contributed by atoms with Crippen LogP contribution >= 0.6 is 15.9 Å². The lowest BCUT2D eigenvalue weighted by Crippen LogP contribution is -2.01. The van der Waals surface area contributed by atoms with Crippen LogP contribution in [0.25, 0.3) is 0 Å². The van der Waals surface area contributed by atoms with Gasteiger partial charge in [-0.1, -0.05) is 15.9 Å². The minimum absolute atomic E-state index is 0.00867. The molecule has 0 saturated heterocycles. The van der Waals surface area contributed by atoms with E-state index in [9.17, 15) is 4.79 Å². The summed E-state index contributed by atoms with van der Waals surface area (Å²) in [4.78, 5) is 18.7. The first-order valence-electron chi connectivity index (χ1n) is 5.03. The van der Waals surface area contributed by atoms with E-state index < -0.39 is 5.97 Å². The Labute approximate surface area is 116 Å². The van der Waals surface area contributed by atoms with Crippen LogP contribution in [-0.4, -0.2) is 21.0 Å². The summed E-state index contributed by atoms with van der Waals surface area (Å²) in [6, 6.07) is 6.36. The van der Waals surface area contributed by atoms with Gasteiger partial charge in [-0.3, -0.25) is 0 Å². The number of aromatic nitrogens is 2. The van der Waals surface area contributed by atoms with Crippen molar-refractivity contribution >= 4 is 21.9 Å². The second-order valence-corrected chi connectivity index (χ2v) is 4.32. The second kappa shape index (κ2) is 5.46. The SMILES string of the molecule is N#Cc1cnc(Oc2cc(Br)ccc2C(=O)O)cn1. The summed E-state index contributed by atoms with van der Waals surface area (Å²) >= 11 is 3.23. The molecular weight excluding hydrogens is 314 g/mol. The Morgan fingerprint density at radius 2 is 2.16 bits per heavy atom. The number of hydrogen-bond donors (Lipinski definition) is 1. The van der Waals surface area contributed by atoms with Crippen LogP contribution in [0.15, 0.2) is 35.1 Å². The summed E-state index contributed by atoms with van der Waals surface area (Å²) in [6.45, 7) is 0. The van der Waals surface area contributed by atoms with Gasteiger partial charge < -0.3 is 9.84 Å². The highest BCUT2D eigenvalue weighted by Gasteiger charge is 2.13. The molecule has 0 fully saturated rings. The predicted octanol–water partition coefficient (Wildman–Crippen LogP) is 2.60. The van der Waals surface area contributed by atoms with Crippen molar-refractivity contribution in [2.45, 2.75) is 0 Å². The molecule has 0 aliphatic rings. The molecule has 2 rings (SSSR count). The first-order valence-corrected chi connectivity index (χ1v) is 5.82. The van der Waals surface area contributed by atoms with Gasteiger partial charge in [0.15, 0.2) is 5.69 Å². The minimum atomic E-state index is -1.11. The van der Waals surface area contributed by atoms with E-state index in [1.54, 1.807) is 6.07 Å². The molecular formula is C12H6BrN3O3. The maximum absolute atomic E-state index is 11.0. The third kappa shape index (κ3) is 3.05. The van der Waals surface area contributed by atoms with E-state index in [1.165, 1.54) is 24.5 Å². The Balaban J connectivity index is 2.34. The highest BCUT2D eigenvalue weighted by Crippen LogP contribution is 2.27. The summed E-state index contributed by atoms with van der Waals surface area (Å²) in [6.07, 6.45) is 2.50. The predicted molar refractivity (Wildman–Crippen MR) is 67.9 cm³/mol. The molecule has 0 aliphatic carbocycles. The van der Waals surface area contributed by atoms with Crippen molar-refractivity contribution in [3.63, 3.8) is 0 Å². The maximum Gasteiger partial charge on any atom is 0.339 e. The van der Waals surface area contributed by atoms with Crippen molar-refractivity contribution in [1.82, 2.24) is 9.97 Å². The van der Waals surface area contributed by atoms with Gasteiger partial charge in [-0.15, -0.1) is 0 Å². The van der Waals surface area contributed by atoms with Crippen molar-refractivity contribution in [1.29, 1.82) is 5.26 Å². The maximum atomic E-state index is 11.0. The Bertz CT molecular complexity index is 665. The molecule has 1 heterocycles. The molecule has 94 valence electrons. The Morgan fingerprint density at radius 3 is 2.74 bits per heavy atom. The van der Waals surface area contributed by atoms with Crippen LogP contribution < -0.4 is 4.74 Å². The van der Waals surface area contributed by atoms with Crippen molar-refractivity contribution in [2.24, 2.45) is 0 Å². The number of halogens is 1. The van der Waals surface area contributed by atoms with E-state index in [4.69, 9.17) is 15.1 Å². The zero-order valence-corrected chi connectivity index (χ0v) is 11.0. The lowest BCUT2D eigenvalue weighted by molar-refractivity contribution is 0.0694. The van der Waals surface area contributed by atoms with Gasteiger partial charge >= 0.3 is 5.97 Å². The molecule has 2 aromatic rings. The van der Waals surface area contributed by atoms with Crippen LogP contribution in [0.5, 0.6) is 11.6 Å². The average molecular weight is 320 g/mol. The van der Waals surface area contributed by atoms with E-state index >= 15 is 0 Å². The van der Waals surface area contributed by atoms with E-state index in [1.807, 2.05) is 6.07 Å². The monoisotopic (exact) mass is 319 g/mol. The number of carboxylic acids is 1. The van der Waals surface area contributed by atoms with Crippen molar-refractivity contribution in [3.8, 4) is 17.7 Å². The largest absolute Gasteiger partial charge is 0.478 e. The summed E-state index contributed by atoms with van der Waals surface area (Å²) in [7, 11) is 0. The number of carboxylic acid groups (broad SMARTS) is 1. The standard InChI is InChI=1S/C12H6BrN3O3/c13-7-1-2-9(12(17)18)10(3-7)19-11-6-15-8(4-14)5-16-11/h1-3,5-6H,(H,17,18). The van der Waals surface area contributed by atoms with Gasteiger partial charge in [-0.2, -0.15) is 5.26 Å². The van der Waals surface area contributed by atoms with Crippen LogP contribution in [-0.2, 0) is 0 Å². The number of nitriles is 1. The molecule has 0 bridgehead atoms. The molecule has 0 spiro atoms. The lowest BCUT2D eigenvalue weighted by atomic mass is 10.2. The zero-order valence-electron chi connectivity index (χ0n) is 9.37. The second-order valence-electron chi connectivity index (χ2n) is 3.40. The number of carbonyl (C=O) groups is 1. The van der Waals surface area contributed by atoms with Gasteiger partial charge in [0.2, 0.25) is 5.88 Å². The smallest absolute Gasteiger partial charge is 0.339 e. The third-order valence-electron chi connectivity index (χ3n) is 2.13. The van der Waals surface area contributed by atoms with Crippen molar-refractivity contribution in [3.05, 3.63) is 46.3 Å². The fraction of sp³-hybridized carbons (Fsp3) is 0. The van der Waals surface area contributed by atoms with E-state index in [-0.39, 0.29) is 22.9 Å². The average Bonchev–Trinajstić information content (AvgIpc) is 2.39. The Kier molecular flexibility index (Phi) is 3.73. The number of rotatable bonds is 3. The number of nitrogens with zero attached hydrogens (tertiary/aromatic N) is 3. The zero-order chi connectivity index (χ0) is 13.8. The van der Waals surface area contributed by atoms with E-state index in [2.05, 4.69) is 25.9 Å². The van der Waals surface area contributed by atoms with Crippen LogP contribution in [0, 0.1) is 11.3 Å². The van der Waals surface area contributed by atoms with Gasteiger partial charge in [0.1, 0.15) is 17.4 Å². The molecule has 0 atom stereocenters. The minimum Gasteiger partial charge on any atom is -0.478 e. The molecule has 0 aliphatic heterocycles. The van der Waals surface area contributed by atoms with E-state index in [0.717, 1.165) is 0 Å². The number of aromatic carboxylic acids is 1. The molecule has 1 aromatic carbocycles. The summed E-state index contributed by atoms with van der Waals surface area (Å²) in [5, 5.41) is 17.6. The molecule has 7 heteroatoms. The molecule has 0 unspecified atom stereocenters. The van der Waals surface area contributed by atoms with Gasteiger partial charge in [0, 0.05) is 4.47 Å². The first kappa shape index (κ1) is 13.0. The molecule has 0 saturated carbocycles. The van der Waals surface area contributed by atoms with Gasteiger partial charge in [-0.25, -0.2) is 14.8 Å². The normalized spacial score (nSPS) is 9.68. The molecule has 0 radical (unpaired) electrons. The van der Waals surface area contributed by atoms with E-state index in [0.29, 0.717) is 4.47 Å². The van der Waals surface area contributed by atoms with Crippen molar-refractivity contribution < 1.29 is 14.6 Å². The van der Waals surface area contributed by atoms with Crippen LogP contribution in [0.2, 0.25) is 0 Å². The first-order chi connectivity index (χ1) is 9.10. The number of ether oxygens (including phenoxy) is 1. The van der Waals surface area contributed by atoms with Gasteiger partial charge in [0.25, 0.3) is 0 Å². The summed E-state index contributed by atoms with van der Waals surface area (Å²) < 4.78 is 6.03.